The summed E-state index contributed by atoms with van der Waals surface area (Å²) in [5, 5.41) is 8.51. The Hall–Kier alpha value is -0.780. The van der Waals surface area contributed by atoms with Crippen LogP contribution in [0.15, 0.2) is 18.2 Å². The standard InChI is InChI=1S/C9H10INO2/c10-7-2-1-3-8(11)6(7)4-5-9(12)13/h1-3H,4-5,11H2,(H,12,13). The van der Waals surface area contributed by atoms with Gasteiger partial charge in [-0.2, -0.15) is 0 Å². The molecule has 0 aromatic heterocycles. The Balaban J connectivity index is 2.81. The lowest BCUT2D eigenvalue weighted by Gasteiger charge is -2.05. The van der Waals surface area contributed by atoms with Crippen LogP contribution in [0.5, 0.6) is 0 Å². The lowest BCUT2D eigenvalue weighted by Crippen LogP contribution is -2.02. The van der Waals surface area contributed by atoms with Gasteiger partial charge in [0.1, 0.15) is 0 Å². The number of aliphatic carboxylic acids is 1. The summed E-state index contributed by atoms with van der Waals surface area (Å²) in [6.07, 6.45) is 0.629. The van der Waals surface area contributed by atoms with E-state index in [9.17, 15) is 4.79 Å². The average molecular weight is 291 g/mol. The second-order valence-electron chi connectivity index (χ2n) is 2.70. The average Bonchev–Trinajstić information content (AvgIpc) is 2.03. The minimum Gasteiger partial charge on any atom is -0.481 e. The number of nitrogens with two attached hydrogens (primary N) is 1. The van der Waals surface area contributed by atoms with Gasteiger partial charge in [-0.1, -0.05) is 6.07 Å². The zero-order valence-electron chi connectivity index (χ0n) is 6.96. The molecule has 0 bridgehead atoms. The van der Waals surface area contributed by atoms with Crippen LogP contribution in [0.3, 0.4) is 0 Å². The predicted octanol–water partition coefficient (Wildman–Crippen LogP) is 1.89. The molecule has 0 heterocycles. The second-order valence-corrected chi connectivity index (χ2v) is 3.86. The van der Waals surface area contributed by atoms with Crippen LogP contribution in [0, 0.1) is 3.57 Å². The maximum absolute atomic E-state index is 10.4. The number of anilines is 1. The fraction of sp³-hybridized carbons (Fsp3) is 0.222. The van der Waals surface area contributed by atoms with E-state index in [4.69, 9.17) is 10.8 Å². The third kappa shape index (κ3) is 2.87. The van der Waals surface area contributed by atoms with Gasteiger partial charge >= 0.3 is 5.97 Å². The molecule has 0 aliphatic rings. The van der Waals surface area contributed by atoms with Crippen molar-refractivity contribution < 1.29 is 9.90 Å². The Morgan fingerprint density at radius 2 is 2.23 bits per heavy atom. The second kappa shape index (κ2) is 4.45. The van der Waals surface area contributed by atoms with Gasteiger partial charge in [0.05, 0.1) is 0 Å². The number of carboxylic acid groups (broad SMARTS) is 1. The normalized spacial score (nSPS) is 9.92. The van der Waals surface area contributed by atoms with Crippen LogP contribution in [0.4, 0.5) is 5.69 Å². The topological polar surface area (TPSA) is 63.3 Å². The molecule has 0 aliphatic heterocycles. The zero-order valence-corrected chi connectivity index (χ0v) is 9.11. The number of halogens is 1. The van der Waals surface area contributed by atoms with E-state index >= 15 is 0 Å². The molecule has 0 spiro atoms. The Bertz CT molecular complexity index is 305. The molecule has 0 unspecified atom stereocenters. The molecule has 0 radical (unpaired) electrons. The summed E-state index contributed by atoms with van der Waals surface area (Å²) in [4.78, 5) is 10.4. The molecule has 1 aromatic rings. The minimum absolute atomic E-state index is 0.129. The number of carbonyl (C=O) groups is 1. The van der Waals surface area contributed by atoms with Crippen LogP contribution in [0.2, 0.25) is 0 Å². The highest BCUT2D eigenvalue weighted by atomic mass is 127. The third-order valence-corrected chi connectivity index (χ3v) is 2.75. The monoisotopic (exact) mass is 291 g/mol. The maximum Gasteiger partial charge on any atom is 0.303 e. The highest BCUT2D eigenvalue weighted by molar-refractivity contribution is 14.1. The highest BCUT2D eigenvalue weighted by Crippen LogP contribution is 2.20. The van der Waals surface area contributed by atoms with Crippen LogP contribution < -0.4 is 5.73 Å². The number of nitrogen functional groups attached to an aromatic ring is 1. The molecular formula is C9H10INO2. The lowest BCUT2D eigenvalue weighted by molar-refractivity contribution is -0.136. The molecule has 1 rings (SSSR count). The molecule has 0 saturated carbocycles. The quantitative estimate of drug-likeness (QED) is 0.660. The molecule has 0 amide bonds. The molecule has 3 N–H and O–H groups in total. The summed E-state index contributed by atoms with van der Waals surface area (Å²) in [6, 6.07) is 5.58. The van der Waals surface area contributed by atoms with Crippen molar-refractivity contribution >= 4 is 34.2 Å². The summed E-state index contributed by atoms with van der Waals surface area (Å²) in [5.74, 6) is -0.793. The molecule has 13 heavy (non-hydrogen) atoms. The van der Waals surface area contributed by atoms with Crippen molar-refractivity contribution in [1.82, 2.24) is 0 Å². The smallest absolute Gasteiger partial charge is 0.303 e. The van der Waals surface area contributed by atoms with Crippen molar-refractivity contribution in [1.29, 1.82) is 0 Å². The van der Waals surface area contributed by atoms with Gasteiger partial charge in [-0.3, -0.25) is 4.79 Å². The summed E-state index contributed by atoms with van der Waals surface area (Å²) < 4.78 is 1.03. The Morgan fingerprint density at radius 3 is 2.77 bits per heavy atom. The molecule has 0 fully saturated rings. The Labute approximate surface area is 90.1 Å². The molecule has 0 aliphatic carbocycles. The Morgan fingerprint density at radius 1 is 1.54 bits per heavy atom. The van der Waals surface area contributed by atoms with E-state index in [1.54, 1.807) is 6.07 Å². The summed E-state index contributed by atoms with van der Waals surface area (Å²) >= 11 is 2.16. The number of hydrogen-bond acceptors (Lipinski definition) is 2. The molecule has 3 nitrogen and oxygen atoms in total. The van der Waals surface area contributed by atoms with Crippen LogP contribution >= 0.6 is 22.6 Å². The first-order valence-electron chi connectivity index (χ1n) is 3.86. The SMILES string of the molecule is Nc1cccc(I)c1CCC(=O)O. The van der Waals surface area contributed by atoms with Crippen LogP contribution in [0.1, 0.15) is 12.0 Å². The van der Waals surface area contributed by atoms with Crippen molar-refractivity contribution in [3.8, 4) is 0 Å². The highest BCUT2D eigenvalue weighted by Gasteiger charge is 2.05. The molecule has 70 valence electrons. The first-order chi connectivity index (χ1) is 6.11. The van der Waals surface area contributed by atoms with Crippen molar-refractivity contribution in [3.63, 3.8) is 0 Å². The van der Waals surface area contributed by atoms with Gasteiger partial charge in [-0.15, -0.1) is 0 Å². The molecule has 0 saturated heterocycles. The van der Waals surface area contributed by atoms with Gasteiger partial charge in [0, 0.05) is 15.7 Å². The van der Waals surface area contributed by atoms with Crippen molar-refractivity contribution in [2.75, 3.05) is 5.73 Å². The number of rotatable bonds is 3. The van der Waals surface area contributed by atoms with E-state index in [2.05, 4.69) is 22.6 Å². The van der Waals surface area contributed by atoms with Gasteiger partial charge in [0.25, 0.3) is 0 Å². The van der Waals surface area contributed by atoms with E-state index < -0.39 is 5.97 Å². The summed E-state index contributed by atoms with van der Waals surface area (Å²) in [6.45, 7) is 0. The number of carboxylic acids is 1. The van der Waals surface area contributed by atoms with Crippen molar-refractivity contribution in [2.24, 2.45) is 0 Å². The van der Waals surface area contributed by atoms with Gasteiger partial charge in [-0.25, -0.2) is 0 Å². The predicted molar refractivity (Wildman–Crippen MR) is 59.5 cm³/mol. The molecule has 1 aromatic carbocycles. The van der Waals surface area contributed by atoms with E-state index in [1.165, 1.54) is 0 Å². The summed E-state index contributed by atoms with van der Waals surface area (Å²) in [5.41, 5.74) is 7.32. The molecule has 0 atom stereocenters. The Kier molecular flexibility index (Phi) is 3.53. The van der Waals surface area contributed by atoms with E-state index in [0.29, 0.717) is 12.1 Å². The van der Waals surface area contributed by atoms with Crippen molar-refractivity contribution in [3.05, 3.63) is 27.3 Å². The fourth-order valence-corrected chi connectivity index (χ4v) is 1.86. The van der Waals surface area contributed by atoms with Crippen LogP contribution in [0.25, 0.3) is 0 Å². The zero-order chi connectivity index (χ0) is 9.84. The van der Waals surface area contributed by atoms with E-state index in [0.717, 1.165) is 9.13 Å². The largest absolute Gasteiger partial charge is 0.481 e. The van der Waals surface area contributed by atoms with Crippen molar-refractivity contribution in [2.45, 2.75) is 12.8 Å². The third-order valence-electron chi connectivity index (χ3n) is 1.74. The minimum atomic E-state index is -0.793. The van der Waals surface area contributed by atoms with Crippen LogP contribution in [-0.2, 0) is 11.2 Å². The first-order valence-corrected chi connectivity index (χ1v) is 4.94. The summed E-state index contributed by atoms with van der Waals surface area (Å²) in [7, 11) is 0. The fourth-order valence-electron chi connectivity index (χ4n) is 1.07. The van der Waals surface area contributed by atoms with Gasteiger partial charge in [0.15, 0.2) is 0 Å². The molecule has 4 heteroatoms. The van der Waals surface area contributed by atoms with Crippen LogP contribution in [-0.4, -0.2) is 11.1 Å². The van der Waals surface area contributed by atoms with E-state index in [-0.39, 0.29) is 6.42 Å². The van der Waals surface area contributed by atoms with Gasteiger partial charge in [-0.05, 0) is 46.7 Å². The lowest BCUT2D eigenvalue weighted by atomic mass is 10.1. The maximum atomic E-state index is 10.4. The molecular weight excluding hydrogens is 281 g/mol. The van der Waals surface area contributed by atoms with Gasteiger partial charge in [0.2, 0.25) is 0 Å². The number of benzene rings is 1. The van der Waals surface area contributed by atoms with Gasteiger partial charge < -0.3 is 10.8 Å². The first kappa shape index (κ1) is 10.3. The number of hydrogen-bond donors (Lipinski definition) is 2. The van der Waals surface area contributed by atoms with E-state index in [1.807, 2.05) is 12.1 Å².